The topological polar surface area (TPSA) is 99.7 Å². The maximum Gasteiger partial charge on any atom is 0.407 e. The fourth-order valence-corrected chi connectivity index (χ4v) is 7.41. The van der Waals surface area contributed by atoms with Gasteiger partial charge in [0.05, 0.1) is 31.6 Å². The standard InChI is InChI=1S/C39H41F2N5O3/c1-23(2)35(45-38(48)49-3)37(47)46-22-39(40,41)19-34(46)32-18-31(20-42-32)25-10-8-24(9-11-25)27-12-13-29-17-30(15-14-28(29)16-27)33-21-43-36(44-33)26-6-4-5-7-26/h8-17,20-21,23,26,34-35H,4-7,18-19,22H2,1-3H3,(H,43,44)(H,45,48)/t34-,35-/m0/s1. The summed E-state index contributed by atoms with van der Waals surface area (Å²) >= 11 is 0. The Labute approximate surface area is 284 Å². The normalized spacial score (nSPS) is 19.7. The van der Waals surface area contributed by atoms with E-state index in [0.29, 0.717) is 18.1 Å². The Balaban J connectivity index is 1.03. The number of halogens is 2. The van der Waals surface area contributed by atoms with Crippen LogP contribution in [0.25, 0.3) is 38.7 Å². The predicted octanol–water partition coefficient (Wildman–Crippen LogP) is 8.36. The number of rotatable bonds is 8. The maximum absolute atomic E-state index is 14.7. The fraction of sp³-hybridized carbons (Fsp3) is 0.385. The van der Waals surface area contributed by atoms with Crippen LogP contribution in [0.5, 0.6) is 0 Å². The lowest BCUT2D eigenvalue weighted by molar-refractivity contribution is -0.135. The number of H-pyrrole nitrogens is 1. The van der Waals surface area contributed by atoms with E-state index in [2.05, 4.69) is 73.5 Å². The van der Waals surface area contributed by atoms with Crippen molar-refractivity contribution in [2.24, 2.45) is 10.9 Å². The first-order valence-electron chi connectivity index (χ1n) is 17.1. The van der Waals surface area contributed by atoms with Gasteiger partial charge in [-0.2, -0.15) is 0 Å². The Morgan fingerprint density at radius 2 is 1.61 bits per heavy atom. The molecule has 254 valence electrons. The second kappa shape index (κ2) is 13.2. The van der Waals surface area contributed by atoms with Gasteiger partial charge in [0, 0.05) is 36.2 Å². The number of methoxy groups -OCH3 is 1. The van der Waals surface area contributed by atoms with Gasteiger partial charge in [0.25, 0.3) is 5.92 Å². The number of hydrogen-bond acceptors (Lipinski definition) is 5. The van der Waals surface area contributed by atoms with Crippen molar-refractivity contribution < 1.29 is 23.1 Å². The molecule has 4 aromatic rings. The number of carbonyl (C=O) groups excluding carboxylic acids is 2. The van der Waals surface area contributed by atoms with Gasteiger partial charge in [-0.3, -0.25) is 9.79 Å². The van der Waals surface area contributed by atoms with E-state index in [-0.39, 0.29) is 5.92 Å². The average Bonchev–Trinajstić information content (AvgIpc) is 3.93. The minimum Gasteiger partial charge on any atom is -0.453 e. The summed E-state index contributed by atoms with van der Waals surface area (Å²) in [5.74, 6) is -2.30. The van der Waals surface area contributed by atoms with Crippen LogP contribution in [0, 0.1) is 5.92 Å². The third kappa shape index (κ3) is 6.73. The van der Waals surface area contributed by atoms with Crippen molar-refractivity contribution in [3.63, 3.8) is 0 Å². The van der Waals surface area contributed by atoms with Gasteiger partial charge in [0.2, 0.25) is 5.91 Å². The SMILES string of the molecule is COC(=O)N[C@H](C(=O)N1CC(F)(F)C[C@H]1C1=NC=C(c2ccc(-c3ccc4cc(-c5cnc(C6CCCC6)[nH]5)ccc4c3)cc2)C1)C(C)C. The van der Waals surface area contributed by atoms with Gasteiger partial charge in [-0.15, -0.1) is 0 Å². The summed E-state index contributed by atoms with van der Waals surface area (Å²) in [6.45, 7) is 2.78. The van der Waals surface area contributed by atoms with E-state index in [1.54, 1.807) is 20.0 Å². The van der Waals surface area contributed by atoms with E-state index in [4.69, 9.17) is 0 Å². The third-order valence-corrected chi connectivity index (χ3v) is 10.2. The van der Waals surface area contributed by atoms with Crippen LogP contribution < -0.4 is 5.32 Å². The van der Waals surface area contributed by atoms with Crippen LogP contribution in [0.3, 0.4) is 0 Å². The van der Waals surface area contributed by atoms with Crippen LogP contribution in [0.4, 0.5) is 13.6 Å². The lowest BCUT2D eigenvalue weighted by atomic mass is 9.95. The van der Waals surface area contributed by atoms with Gasteiger partial charge in [-0.05, 0) is 63.9 Å². The van der Waals surface area contributed by atoms with Crippen molar-refractivity contribution in [3.05, 3.63) is 84.4 Å². The molecule has 49 heavy (non-hydrogen) atoms. The number of nitrogens with one attached hydrogen (secondary N) is 2. The maximum atomic E-state index is 14.7. The average molecular weight is 666 g/mol. The molecule has 2 N–H and O–H groups in total. The third-order valence-electron chi connectivity index (χ3n) is 10.2. The molecule has 2 atom stereocenters. The van der Waals surface area contributed by atoms with E-state index in [1.165, 1.54) is 37.7 Å². The van der Waals surface area contributed by atoms with E-state index in [9.17, 15) is 18.4 Å². The van der Waals surface area contributed by atoms with Crippen LogP contribution in [0.1, 0.15) is 69.7 Å². The number of fused-ring (bicyclic) bond motifs is 1. The van der Waals surface area contributed by atoms with Crippen molar-refractivity contribution in [2.75, 3.05) is 13.7 Å². The number of aliphatic imine (C=N–C) groups is 1. The Kier molecular flexibility index (Phi) is 8.81. The van der Waals surface area contributed by atoms with E-state index >= 15 is 0 Å². The minimum atomic E-state index is -3.06. The molecule has 2 fully saturated rings. The highest BCUT2D eigenvalue weighted by Crippen LogP contribution is 2.38. The van der Waals surface area contributed by atoms with Gasteiger partial charge in [0.1, 0.15) is 11.9 Å². The first kappa shape index (κ1) is 32.7. The highest BCUT2D eigenvalue weighted by Gasteiger charge is 2.50. The largest absolute Gasteiger partial charge is 0.453 e. The summed E-state index contributed by atoms with van der Waals surface area (Å²) < 4.78 is 34.1. The van der Waals surface area contributed by atoms with Crippen LogP contribution in [-0.2, 0) is 9.53 Å². The van der Waals surface area contributed by atoms with Crippen LogP contribution in [0.15, 0.2) is 78.1 Å². The van der Waals surface area contributed by atoms with E-state index in [0.717, 1.165) is 50.1 Å². The van der Waals surface area contributed by atoms with Crippen LogP contribution in [-0.4, -0.2) is 64.2 Å². The number of allylic oxidation sites excluding steroid dienone is 1. The lowest BCUT2D eigenvalue weighted by Gasteiger charge is -2.30. The Bertz CT molecular complexity index is 1940. The number of ether oxygens (including phenoxy) is 1. The number of nitrogens with zero attached hydrogens (tertiary/aromatic N) is 3. The zero-order chi connectivity index (χ0) is 34.3. The molecule has 0 unspecified atom stereocenters. The number of carbonyl (C=O) groups is 2. The minimum absolute atomic E-state index is 0.323. The van der Waals surface area contributed by atoms with Gasteiger partial charge in [-0.25, -0.2) is 18.6 Å². The second-order valence-electron chi connectivity index (χ2n) is 13.9. The van der Waals surface area contributed by atoms with E-state index in [1.807, 2.05) is 18.3 Å². The number of aromatic nitrogens is 2. The van der Waals surface area contributed by atoms with Gasteiger partial charge >= 0.3 is 6.09 Å². The predicted molar refractivity (Wildman–Crippen MR) is 187 cm³/mol. The molecule has 1 saturated heterocycles. The molecule has 3 heterocycles. The number of likely N-dealkylation sites (tertiary alicyclic amines) is 1. The first-order valence-corrected chi connectivity index (χ1v) is 17.1. The molecule has 8 nitrogen and oxygen atoms in total. The number of amides is 2. The van der Waals surface area contributed by atoms with Gasteiger partial charge in [0.15, 0.2) is 0 Å². The number of imidazole rings is 1. The number of benzene rings is 3. The van der Waals surface area contributed by atoms with Crippen molar-refractivity contribution >= 4 is 34.1 Å². The van der Waals surface area contributed by atoms with Crippen molar-refractivity contribution in [3.8, 4) is 22.4 Å². The Morgan fingerprint density at radius 1 is 0.959 bits per heavy atom. The molecule has 0 bridgehead atoms. The Hall–Kier alpha value is -4.86. The van der Waals surface area contributed by atoms with E-state index < -0.39 is 43.0 Å². The van der Waals surface area contributed by atoms with Crippen molar-refractivity contribution in [1.29, 1.82) is 0 Å². The zero-order valence-corrected chi connectivity index (χ0v) is 28.0. The Morgan fingerprint density at radius 3 is 2.31 bits per heavy atom. The molecule has 10 heteroatoms. The molecular formula is C39H41F2N5O3. The molecule has 0 radical (unpaired) electrons. The molecule has 3 aliphatic rings. The smallest absolute Gasteiger partial charge is 0.407 e. The number of hydrogen-bond donors (Lipinski definition) is 2. The molecule has 1 aliphatic carbocycles. The lowest BCUT2D eigenvalue weighted by Crippen LogP contribution is -2.54. The summed E-state index contributed by atoms with van der Waals surface area (Å²) in [4.78, 5) is 39.3. The molecule has 7 rings (SSSR count). The number of alkyl halides is 2. The molecular weight excluding hydrogens is 624 g/mol. The van der Waals surface area contributed by atoms with Crippen molar-refractivity contribution in [2.45, 2.75) is 76.3 Å². The summed E-state index contributed by atoms with van der Waals surface area (Å²) in [5.41, 5.74) is 6.69. The summed E-state index contributed by atoms with van der Waals surface area (Å²) in [6.07, 6.45) is 7.70. The summed E-state index contributed by atoms with van der Waals surface area (Å²) in [6, 6.07) is 19.3. The summed E-state index contributed by atoms with van der Waals surface area (Å²) in [5, 5.41) is 4.81. The molecule has 1 saturated carbocycles. The van der Waals surface area contributed by atoms with Crippen molar-refractivity contribution in [1.82, 2.24) is 20.2 Å². The zero-order valence-electron chi connectivity index (χ0n) is 28.0. The molecule has 0 spiro atoms. The van der Waals surface area contributed by atoms with Gasteiger partial charge < -0.3 is 19.9 Å². The molecule has 1 aromatic heterocycles. The first-order chi connectivity index (χ1) is 23.6. The number of alkyl carbamates (subject to hydrolysis) is 1. The molecule has 2 aliphatic heterocycles. The monoisotopic (exact) mass is 665 g/mol. The second-order valence-corrected chi connectivity index (χ2v) is 13.9. The highest BCUT2D eigenvalue weighted by molar-refractivity contribution is 6.04. The van der Waals surface area contributed by atoms with Gasteiger partial charge in [-0.1, -0.05) is 75.2 Å². The molecule has 3 aromatic carbocycles. The fourth-order valence-electron chi connectivity index (χ4n) is 7.41. The highest BCUT2D eigenvalue weighted by atomic mass is 19.3. The van der Waals surface area contributed by atoms with Crippen LogP contribution >= 0.6 is 0 Å². The summed E-state index contributed by atoms with van der Waals surface area (Å²) in [7, 11) is 1.20. The molecule has 2 amide bonds. The van der Waals surface area contributed by atoms with Crippen LogP contribution in [0.2, 0.25) is 0 Å². The quantitative estimate of drug-likeness (QED) is 0.198. The number of aromatic amines is 1.